The predicted octanol–water partition coefficient (Wildman–Crippen LogP) is 4.75. The molecule has 6 nitrogen and oxygen atoms in total. The van der Waals surface area contributed by atoms with E-state index in [1.165, 1.54) is 6.92 Å². The van der Waals surface area contributed by atoms with Crippen molar-refractivity contribution in [3.8, 4) is 5.75 Å². The van der Waals surface area contributed by atoms with Crippen LogP contribution in [0.15, 0.2) is 84.0 Å². The van der Waals surface area contributed by atoms with Crippen molar-refractivity contribution >= 4 is 17.8 Å². The van der Waals surface area contributed by atoms with Crippen LogP contribution >= 0.6 is 0 Å². The van der Waals surface area contributed by atoms with E-state index < -0.39 is 5.97 Å². The first kappa shape index (κ1) is 23.2. The summed E-state index contributed by atoms with van der Waals surface area (Å²) in [4.78, 5) is 29.2. The van der Waals surface area contributed by atoms with E-state index in [-0.39, 0.29) is 30.1 Å². The number of ether oxygens (including phenoxy) is 1. The smallest absolute Gasteiger partial charge is 0.335 e. The summed E-state index contributed by atoms with van der Waals surface area (Å²) in [5.74, 6) is -0.0900. The Morgan fingerprint density at radius 2 is 1.62 bits per heavy atom. The Balaban J connectivity index is 1.42. The van der Waals surface area contributed by atoms with Crippen molar-refractivity contribution in [2.45, 2.75) is 38.5 Å². The van der Waals surface area contributed by atoms with Crippen molar-refractivity contribution in [2.24, 2.45) is 16.8 Å². The summed E-state index contributed by atoms with van der Waals surface area (Å²) in [6.07, 6.45) is 2.51. The van der Waals surface area contributed by atoms with E-state index in [1.807, 2.05) is 78.9 Å². The quantitative estimate of drug-likeness (QED) is 0.138. The molecule has 0 aromatic heterocycles. The van der Waals surface area contributed by atoms with Gasteiger partial charge in [0.2, 0.25) is 0 Å². The minimum atomic E-state index is -0.410. The van der Waals surface area contributed by atoms with Crippen molar-refractivity contribution in [3.05, 3.63) is 101 Å². The molecular weight excluding hydrogens is 428 g/mol. The molecule has 2 N–H and O–H groups in total. The first-order valence-corrected chi connectivity index (χ1v) is 11.4. The van der Waals surface area contributed by atoms with Gasteiger partial charge in [-0.1, -0.05) is 78.0 Å². The van der Waals surface area contributed by atoms with Gasteiger partial charge in [-0.2, -0.15) is 0 Å². The molecule has 1 atom stereocenters. The van der Waals surface area contributed by atoms with Crippen LogP contribution in [-0.4, -0.2) is 17.8 Å². The largest absolute Gasteiger partial charge is 0.426 e. The van der Waals surface area contributed by atoms with Crippen LogP contribution in [0.5, 0.6) is 5.75 Å². The number of rotatable bonds is 7. The summed E-state index contributed by atoms with van der Waals surface area (Å²) < 4.78 is 5.33. The van der Waals surface area contributed by atoms with Gasteiger partial charge in [0, 0.05) is 6.92 Å². The van der Waals surface area contributed by atoms with Crippen molar-refractivity contribution in [3.63, 3.8) is 0 Å². The van der Waals surface area contributed by atoms with Crippen LogP contribution in [0, 0.1) is 5.92 Å². The number of esters is 1. The average Bonchev–Trinajstić information content (AvgIpc) is 2.84. The van der Waals surface area contributed by atoms with Gasteiger partial charge in [0.25, 0.3) is 0 Å². The molecule has 0 radical (unpaired) electrons. The normalized spacial score (nSPS) is 15.5. The lowest BCUT2D eigenvalue weighted by molar-refractivity contribution is -0.145. The molecule has 0 heterocycles. The van der Waals surface area contributed by atoms with E-state index in [0.29, 0.717) is 5.75 Å². The molecule has 1 aliphatic rings. The third kappa shape index (κ3) is 5.70. The second-order valence-electron chi connectivity index (χ2n) is 8.53. The van der Waals surface area contributed by atoms with Crippen molar-refractivity contribution in [1.29, 1.82) is 0 Å². The lowest BCUT2D eigenvalue weighted by atomic mass is 9.82. The Hall–Kier alpha value is -3.93. The molecule has 3 aromatic carbocycles. The fourth-order valence-electron chi connectivity index (χ4n) is 4.53. The molecule has 3 aromatic rings. The number of amidine groups is 1. The maximum Gasteiger partial charge on any atom is 0.335 e. The van der Waals surface area contributed by atoms with Crippen LogP contribution in [-0.2, 0) is 27.3 Å². The zero-order valence-corrected chi connectivity index (χ0v) is 19.1. The van der Waals surface area contributed by atoms with Gasteiger partial charge in [-0.25, -0.2) is 4.79 Å². The van der Waals surface area contributed by atoms with Gasteiger partial charge in [0.1, 0.15) is 5.75 Å². The number of fused-ring (bicyclic) bond motifs is 1. The maximum atomic E-state index is 12.6. The summed E-state index contributed by atoms with van der Waals surface area (Å²) in [5, 5.41) is 4.02. The Morgan fingerprint density at radius 1 is 0.971 bits per heavy atom. The highest BCUT2D eigenvalue weighted by atomic mass is 16.7. The minimum Gasteiger partial charge on any atom is -0.426 e. The average molecular weight is 457 g/mol. The van der Waals surface area contributed by atoms with E-state index >= 15 is 0 Å². The highest BCUT2D eigenvalue weighted by molar-refractivity contribution is 5.90. The molecule has 6 heteroatoms. The van der Waals surface area contributed by atoms with Crippen LogP contribution in [0.1, 0.15) is 47.9 Å². The Morgan fingerprint density at radius 3 is 2.24 bits per heavy atom. The molecule has 1 aliphatic carbocycles. The fraction of sp³-hybridized carbons (Fsp3) is 0.250. The number of hydrogen-bond acceptors (Lipinski definition) is 5. The van der Waals surface area contributed by atoms with Gasteiger partial charge in [0.15, 0.2) is 5.84 Å². The van der Waals surface area contributed by atoms with Crippen LogP contribution < -0.4 is 10.5 Å². The van der Waals surface area contributed by atoms with E-state index in [0.717, 1.165) is 41.5 Å². The lowest BCUT2D eigenvalue weighted by Gasteiger charge is -2.25. The van der Waals surface area contributed by atoms with E-state index in [1.54, 1.807) is 0 Å². The third-order valence-electron chi connectivity index (χ3n) is 6.06. The van der Waals surface area contributed by atoms with Crippen LogP contribution in [0.3, 0.4) is 0 Å². The number of benzene rings is 3. The first-order valence-electron chi connectivity index (χ1n) is 11.4. The second-order valence-corrected chi connectivity index (χ2v) is 8.53. The Labute approximate surface area is 199 Å². The highest BCUT2D eigenvalue weighted by Crippen LogP contribution is 2.34. The number of carbonyl (C=O) groups excluding carboxylic acids is 2. The van der Waals surface area contributed by atoms with Gasteiger partial charge < -0.3 is 15.3 Å². The zero-order valence-electron chi connectivity index (χ0n) is 19.1. The molecule has 0 bridgehead atoms. The molecule has 4 rings (SSSR count). The number of nitrogens with zero attached hydrogens (tertiary/aromatic N) is 1. The molecule has 0 saturated carbocycles. The highest BCUT2D eigenvalue weighted by Gasteiger charge is 2.25. The predicted molar refractivity (Wildman–Crippen MR) is 130 cm³/mol. The van der Waals surface area contributed by atoms with Gasteiger partial charge >= 0.3 is 11.9 Å². The fourth-order valence-corrected chi connectivity index (χ4v) is 4.53. The van der Waals surface area contributed by atoms with E-state index in [2.05, 4.69) is 5.16 Å². The van der Waals surface area contributed by atoms with Crippen LogP contribution in [0.4, 0.5) is 0 Å². The molecule has 174 valence electrons. The summed E-state index contributed by atoms with van der Waals surface area (Å²) in [5.41, 5.74) is 10.4. The molecule has 0 spiro atoms. The third-order valence-corrected chi connectivity index (χ3v) is 6.06. The van der Waals surface area contributed by atoms with Gasteiger partial charge in [0.05, 0.1) is 12.3 Å². The number of nitrogens with two attached hydrogens (primary N) is 1. The van der Waals surface area contributed by atoms with Gasteiger partial charge in [-0.05, 0) is 53.5 Å². The molecule has 0 saturated heterocycles. The number of carbonyl (C=O) groups is 2. The first-order chi connectivity index (χ1) is 16.5. The lowest BCUT2D eigenvalue weighted by Crippen LogP contribution is -2.24. The summed E-state index contributed by atoms with van der Waals surface area (Å²) in [6, 6.07) is 25.3. The van der Waals surface area contributed by atoms with Crippen LogP contribution in [0.2, 0.25) is 0 Å². The summed E-state index contributed by atoms with van der Waals surface area (Å²) in [7, 11) is 0. The monoisotopic (exact) mass is 456 g/mol. The summed E-state index contributed by atoms with van der Waals surface area (Å²) in [6.45, 7) is 1.40. The number of hydrogen-bond donors (Lipinski definition) is 1. The Bertz CT molecular complexity index is 1140. The standard InChI is InChI=1S/C28H28N2O4/c1-19(31)33-25-14-8-13-23-17-20(15-16-24(23)25)18-26(32)34-30-28(29)27(21-9-4-2-5-10-21)22-11-6-3-7-12-22/h2-14,20,27H,15-18H2,1H3,(H2,29,30). The molecule has 34 heavy (non-hydrogen) atoms. The van der Waals surface area contributed by atoms with Crippen molar-refractivity contribution < 1.29 is 19.2 Å². The zero-order chi connectivity index (χ0) is 23.9. The minimum absolute atomic E-state index is 0.128. The van der Waals surface area contributed by atoms with Crippen molar-refractivity contribution in [2.75, 3.05) is 0 Å². The van der Waals surface area contributed by atoms with Gasteiger partial charge in [-0.15, -0.1) is 0 Å². The number of oxime groups is 1. The Kier molecular flexibility index (Phi) is 7.38. The SMILES string of the molecule is CC(=O)Oc1cccc2c1CCC(CC(=O)ON=C(N)C(c1ccccc1)c1ccccc1)C2. The maximum absolute atomic E-state index is 12.6. The van der Waals surface area contributed by atoms with Crippen molar-refractivity contribution in [1.82, 2.24) is 0 Å². The van der Waals surface area contributed by atoms with Crippen LogP contribution in [0.25, 0.3) is 0 Å². The summed E-state index contributed by atoms with van der Waals surface area (Å²) >= 11 is 0. The molecule has 1 unspecified atom stereocenters. The topological polar surface area (TPSA) is 91.0 Å². The van der Waals surface area contributed by atoms with E-state index in [9.17, 15) is 9.59 Å². The molecular formula is C28H28N2O4. The van der Waals surface area contributed by atoms with Gasteiger partial charge in [-0.3, -0.25) is 4.79 Å². The second kappa shape index (κ2) is 10.8. The molecule has 0 amide bonds. The molecule has 0 aliphatic heterocycles. The van der Waals surface area contributed by atoms with E-state index in [4.69, 9.17) is 15.3 Å². The molecule has 0 fully saturated rings.